The summed E-state index contributed by atoms with van der Waals surface area (Å²) < 4.78 is 15.3. The zero-order valence-electron chi connectivity index (χ0n) is 19.4. The predicted octanol–water partition coefficient (Wildman–Crippen LogP) is 6.25. The van der Waals surface area contributed by atoms with Crippen LogP contribution in [-0.4, -0.2) is 25.7 Å². The quantitative estimate of drug-likeness (QED) is 0.270. The fourth-order valence-corrected chi connectivity index (χ4v) is 4.76. The van der Waals surface area contributed by atoms with Gasteiger partial charge in [-0.25, -0.2) is 4.39 Å². The summed E-state index contributed by atoms with van der Waals surface area (Å²) in [4.78, 5) is 17.6. The van der Waals surface area contributed by atoms with E-state index in [1.165, 1.54) is 36.0 Å². The van der Waals surface area contributed by atoms with Crippen LogP contribution in [0.15, 0.2) is 109 Å². The predicted molar refractivity (Wildman–Crippen MR) is 139 cm³/mol. The Morgan fingerprint density at radius 2 is 1.58 bits per heavy atom. The van der Waals surface area contributed by atoms with Crippen LogP contribution in [0, 0.1) is 12.7 Å². The monoisotopic (exact) mass is 495 g/mol. The van der Waals surface area contributed by atoms with Crippen LogP contribution in [0.4, 0.5) is 10.1 Å². The normalized spacial score (nSPS) is 11.7. The summed E-state index contributed by atoms with van der Waals surface area (Å²) >= 11 is 1.30. The van der Waals surface area contributed by atoms with E-state index in [9.17, 15) is 9.18 Å². The number of anilines is 1. The average molecular weight is 496 g/mol. The molecule has 5 rings (SSSR count). The molecule has 0 aliphatic rings. The molecule has 0 fully saturated rings. The number of aromatic nitrogens is 4. The van der Waals surface area contributed by atoms with Crippen LogP contribution >= 0.6 is 11.8 Å². The van der Waals surface area contributed by atoms with Gasteiger partial charge in [-0.1, -0.05) is 59.8 Å². The summed E-state index contributed by atoms with van der Waals surface area (Å²) in [6.45, 7) is 2.03. The van der Waals surface area contributed by atoms with Gasteiger partial charge in [-0.05, 0) is 61.0 Å². The van der Waals surface area contributed by atoms with Gasteiger partial charge >= 0.3 is 0 Å². The van der Waals surface area contributed by atoms with Crippen molar-refractivity contribution in [2.45, 2.75) is 17.3 Å². The first-order chi connectivity index (χ1) is 17.6. The summed E-state index contributed by atoms with van der Waals surface area (Å²) in [5, 5.41) is 11.8. The molecule has 0 saturated heterocycles. The van der Waals surface area contributed by atoms with Gasteiger partial charge in [0.05, 0.1) is 0 Å². The summed E-state index contributed by atoms with van der Waals surface area (Å²) in [7, 11) is 0. The third kappa shape index (κ3) is 5.18. The van der Waals surface area contributed by atoms with Gasteiger partial charge in [0, 0.05) is 29.3 Å². The molecule has 2 heterocycles. The summed E-state index contributed by atoms with van der Waals surface area (Å²) in [5.41, 5.74) is 4.20. The molecule has 6 nitrogen and oxygen atoms in total. The van der Waals surface area contributed by atoms with Crippen molar-refractivity contribution in [3.05, 3.63) is 120 Å². The number of rotatable bonds is 7. The van der Waals surface area contributed by atoms with E-state index in [2.05, 4.69) is 20.5 Å². The molecular weight excluding hydrogens is 473 g/mol. The molecule has 0 saturated carbocycles. The lowest BCUT2D eigenvalue weighted by atomic mass is 10.1. The van der Waals surface area contributed by atoms with Gasteiger partial charge in [-0.2, -0.15) is 0 Å². The maximum Gasteiger partial charge on any atom is 0.242 e. The number of hydrogen-bond acceptors (Lipinski definition) is 5. The van der Waals surface area contributed by atoms with E-state index < -0.39 is 5.25 Å². The smallest absolute Gasteiger partial charge is 0.242 e. The topological polar surface area (TPSA) is 72.7 Å². The number of benzene rings is 3. The molecule has 0 bridgehead atoms. The molecule has 0 aliphatic carbocycles. The Bertz CT molecular complexity index is 1460. The molecule has 1 N–H and O–H groups in total. The van der Waals surface area contributed by atoms with Gasteiger partial charge in [0.2, 0.25) is 5.91 Å². The Balaban J connectivity index is 1.56. The minimum atomic E-state index is -0.630. The number of carbonyl (C=O) groups excluding carboxylic acids is 1. The van der Waals surface area contributed by atoms with Gasteiger partial charge in [0.25, 0.3) is 0 Å². The van der Waals surface area contributed by atoms with E-state index in [0.717, 1.165) is 22.4 Å². The first kappa shape index (κ1) is 23.4. The number of hydrogen-bond donors (Lipinski definition) is 1. The number of pyridine rings is 1. The second-order valence-electron chi connectivity index (χ2n) is 8.12. The largest absolute Gasteiger partial charge is 0.325 e. The van der Waals surface area contributed by atoms with Crippen LogP contribution in [0.2, 0.25) is 0 Å². The summed E-state index contributed by atoms with van der Waals surface area (Å²) in [6, 6.07) is 27.0. The van der Waals surface area contributed by atoms with E-state index in [0.29, 0.717) is 16.7 Å². The average Bonchev–Trinajstić information content (AvgIpc) is 3.33. The highest BCUT2D eigenvalue weighted by molar-refractivity contribution is 8.00. The molecule has 0 radical (unpaired) electrons. The number of nitrogens with zero attached hydrogens (tertiary/aromatic N) is 4. The second kappa shape index (κ2) is 10.5. The maximum absolute atomic E-state index is 13.5. The first-order valence-corrected chi connectivity index (χ1v) is 12.2. The standard InChI is InChI=1S/C28H22FN5OS/c1-19-7-13-24(14-8-19)34-26(21-15-17-30-18-16-21)32-33-28(34)36-25(20-5-3-2-4-6-20)27(35)31-23-11-9-22(29)10-12-23/h2-18,25H,1H3,(H,31,35). The van der Waals surface area contributed by atoms with Crippen LogP contribution in [0.1, 0.15) is 16.4 Å². The van der Waals surface area contributed by atoms with E-state index in [1.807, 2.05) is 78.2 Å². The van der Waals surface area contributed by atoms with Crippen LogP contribution in [0.25, 0.3) is 17.1 Å². The highest BCUT2D eigenvalue weighted by Crippen LogP contribution is 2.38. The van der Waals surface area contributed by atoms with Crippen molar-refractivity contribution in [3.63, 3.8) is 0 Å². The van der Waals surface area contributed by atoms with Crippen LogP contribution in [-0.2, 0) is 4.79 Å². The van der Waals surface area contributed by atoms with Crippen molar-refractivity contribution in [1.82, 2.24) is 19.7 Å². The molecule has 1 unspecified atom stereocenters. The Kier molecular flexibility index (Phi) is 6.86. The molecule has 1 amide bonds. The Morgan fingerprint density at radius 3 is 2.28 bits per heavy atom. The first-order valence-electron chi connectivity index (χ1n) is 11.3. The Labute approximate surface area is 212 Å². The molecule has 0 spiro atoms. The molecule has 2 aromatic heterocycles. The van der Waals surface area contributed by atoms with Crippen molar-refractivity contribution < 1.29 is 9.18 Å². The van der Waals surface area contributed by atoms with Crippen molar-refractivity contribution >= 4 is 23.4 Å². The molecule has 0 aliphatic heterocycles. The molecule has 3 aromatic carbocycles. The van der Waals surface area contributed by atoms with Gasteiger partial charge < -0.3 is 5.32 Å². The van der Waals surface area contributed by atoms with Crippen molar-refractivity contribution in [3.8, 4) is 17.1 Å². The zero-order chi connectivity index (χ0) is 24.9. The Morgan fingerprint density at radius 1 is 0.889 bits per heavy atom. The number of aryl methyl sites for hydroxylation is 1. The SMILES string of the molecule is Cc1ccc(-n2c(SC(C(=O)Nc3ccc(F)cc3)c3ccccc3)nnc2-c2ccncc2)cc1. The lowest BCUT2D eigenvalue weighted by molar-refractivity contribution is -0.115. The fourth-order valence-electron chi connectivity index (χ4n) is 3.71. The fraction of sp³-hybridized carbons (Fsp3) is 0.0714. The minimum absolute atomic E-state index is 0.248. The number of halogens is 1. The number of thioether (sulfide) groups is 1. The van der Waals surface area contributed by atoms with Crippen LogP contribution < -0.4 is 5.32 Å². The van der Waals surface area contributed by atoms with Crippen molar-refractivity contribution in [1.29, 1.82) is 0 Å². The molecule has 178 valence electrons. The molecule has 36 heavy (non-hydrogen) atoms. The van der Waals surface area contributed by atoms with E-state index in [-0.39, 0.29) is 11.7 Å². The highest BCUT2D eigenvalue weighted by Gasteiger charge is 2.27. The van der Waals surface area contributed by atoms with E-state index >= 15 is 0 Å². The third-order valence-electron chi connectivity index (χ3n) is 5.54. The highest BCUT2D eigenvalue weighted by atomic mass is 32.2. The van der Waals surface area contributed by atoms with Crippen LogP contribution in [0.3, 0.4) is 0 Å². The van der Waals surface area contributed by atoms with Crippen molar-refractivity contribution in [2.24, 2.45) is 0 Å². The minimum Gasteiger partial charge on any atom is -0.325 e. The lowest BCUT2D eigenvalue weighted by Gasteiger charge is -2.18. The number of carbonyl (C=O) groups is 1. The van der Waals surface area contributed by atoms with Gasteiger partial charge in [-0.3, -0.25) is 14.3 Å². The van der Waals surface area contributed by atoms with E-state index in [4.69, 9.17) is 0 Å². The summed E-state index contributed by atoms with van der Waals surface area (Å²) in [6.07, 6.45) is 3.42. The van der Waals surface area contributed by atoms with Gasteiger partial charge in [-0.15, -0.1) is 10.2 Å². The van der Waals surface area contributed by atoms with Crippen molar-refractivity contribution in [2.75, 3.05) is 5.32 Å². The van der Waals surface area contributed by atoms with E-state index in [1.54, 1.807) is 12.4 Å². The zero-order valence-corrected chi connectivity index (χ0v) is 20.2. The second-order valence-corrected chi connectivity index (χ2v) is 9.19. The molecule has 1 atom stereocenters. The molecular formula is C28H22FN5OS. The Hall–Kier alpha value is -4.30. The van der Waals surface area contributed by atoms with Gasteiger partial charge in [0.15, 0.2) is 11.0 Å². The lowest BCUT2D eigenvalue weighted by Crippen LogP contribution is -2.19. The number of nitrogens with one attached hydrogen (secondary N) is 1. The maximum atomic E-state index is 13.5. The molecule has 8 heteroatoms. The molecule has 5 aromatic rings. The summed E-state index contributed by atoms with van der Waals surface area (Å²) in [5.74, 6) is 0.0352. The van der Waals surface area contributed by atoms with Gasteiger partial charge in [0.1, 0.15) is 11.1 Å². The van der Waals surface area contributed by atoms with Crippen LogP contribution in [0.5, 0.6) is 0 Å². The third-order valence-corrected chi connectivity index (χ3v) is 6.74. The number of amides is 1.